The van der Waals surface area contributed by atoms with Crippen LogP contribution in [0.4, 0.5) is 10.8 Å². The van der Waals surface area contributed by atoms with Crippen LogP contribution in [0.5, 0.6) is 5.75 Å². The van der Waals surface area contributed by atoms with Crippen LogP contribution in [0.1, 0.15) is 5.56 Å². The maximum Gasteiger partial charge on any atom is 0.269 e. The Hall–Kier alpha value is -3.18. The van der Waals surface area contributed by atoms with Crippen LogP contribution in [0.2, 0.25) is 10.0 Å². The van der Waals surface area contributed by atoms with E-state index in [0.29, 0.717) is 15.1 Å². The van der Waals surface area contributed by atoms with Crippen LogP contribution in [-0.4, -0.2) is 37.2 Å². The van der Waals surface area contributed by atoms with E-state index in [1.54, 1.807) is 48.5 Å². The molecule has 5 rings (SSSR count). The molecule has 1 amide bonds. The fourth-order valence-corrected chi connectivity index (χ4v) is 6.11. The van der Waals surface area contributed by atoms with Crippen molar-refractivity contribution in [3.8, 4) is 16.3 Å². The summed E-state index contributed by atoms with van der Waals surface area (Å²) in [5, 5.41) is 12.6. The molecule has 1 N–H and O–H groups in total. The first-order valence-corrected chi connectivity index (χ1v) is 13.7. The first-order valence-electron chi connectivity index (χ1n) is 10.7. The zero-order chi connectivity index (χ0) is 25.4. The molecular weight excluding hydrogens is 543 g/mol. The Balaban J connectivity index is 1.42. The van der Waals surface area contributed by atoms with Crippen molar-refractivity contribution in [3.05, 3.63) is 82.3 Å². The van der Waals surface area contributed by atoms with Gasteiger partial charge < -0.3 is 4.74 Å². The highest BCUT2D eigenvalue weighted by atomic mass is 35.5. The van der Waals surface area contributed by atoms with Crippen LogP contribution in [0.15, 0.2) is 71.6 Å². The lowest BCUT2D eigenvalue weighted by Crippen LogP contribution is -2.48. The van der Waals surface area contributed by atoms with E-state index >= 15 is 0 Å². The van der Waals surface area contributed by atoms with E-state index in [-0.39, 0.29) is 28.0 Å². The first kappa shape index (κ1) is 24.5. The number of rotatable bonds is 5. The molecule has 0 fully saturated rings. The predicted octanol–water partition coefficient (Wildman–Crippen LogP) is 5.42. The third kappa shape index (κ3) is 4.90. The van der Waals surface area contributed by atoms with E-state index in [1.807, 2.05) is 6.92 Å². The number of anilines is 2. The standard InChI is InChI=1S/C24H18Cl2N4O4S2/c1-14-2-9-18(10-3-14)36(32,33)30-13-21(34-20-11-8-17(26)12-19(20)30)22(31)27-24-29-28-23(35-24)15-4-6-16(25)7-5-15/h2-12,21H,13H2,1H3,(H,27,29,31)/t21-/m0/s1. The van der Waals surface area contributed by atoms with Gasteiger partial charge in [0.05, 0.1) is 17.1 Å². The number of fused-ring (bicyclic) bond motifs is 1. The van der Waals surface area contributed by atoms with Crippen molar-refractivity contribution in [2.24, 2.45) is 0 Å². The molecule has 0 saturated heterocycles. The normalized spacial score (nSPS) is 15.2. The number of aryl methyl sites for hydroxylation is 1. The molecule has 1 aliphatic rings. The monoisotopic (exact) mass is 560 g/mol. The van der Waals surface area contributed by atoms with Crippen molar-refractivity contribution in [2.45, 2.75) is 17.9 Å². The van der Waals surface area contributed by atoms with Crippen molar-refractivity contribution in [3.63, 3.8) is 0 Å². The van der Waals surface area contributed by atoms with Gasteiger partial charge in [0, 0.05) is 15.6 Å². The van der Waals surface area contributed by atoms with Crippen LogP contribution in [0.3, 0.4) is 0 Å². The average Bonchev–Trinajstić information content (AvgIpc) is 3.32. The first-order chi connectivity index (χ1) is 17.2. The number of carbonyl (C=O) groups excluding carboxylic acids is 1. The fraction of sp³-hybridized carbons (Fsp3) is 0.125. The number of amides is 1. The number of benzene rings is 3. The van der Waals surface area contributed by atoms with Crippen molar-refractivity contribution in [1.29, 1.82) is 0 Å². The van der Waals surface area contributed by atoms with Crippen LogP contribution < -0.4 is 14.4 Å². The van der Waals surface area contributed by atoms with Gasteiger partial charge in [0.15, 0.2) is 6.10 Å². The molecule has 1 atom stereocenters. The Labute approximate surface area is 221 Å². The summed E-state index contributed by atoms with van der Waals surface area (Å²) in [6.07, 6.45) is -1.14. The van der Waals surface area contributed by atoms with Gasteiger partial charge in [0.2, 0.25) is 5.13 Å². The highest BCUT2D eigenvalue weighted by molar-refractivity contribution is 7.92. The number of hydrogen-bond donors (Lipinski definition) is 1. The minimum absolute atomic E-state index is 0.0943. The Morgan fingerprint density at radius 1 is 1.03 bits per heavy atom. The van der Waals surface area contributed by atoms with Gasteiger partial charge >= 0.3 is 0 Å². The van der Waals surface area contributed by atoms with Crippen molar-refractivity contribution < 1.29 is 17.9 Å². The van der Waals surface area contributed by atoms with Gasteiger partial charge in [-0.2, -0.15) is 0 Å². The van der Waals surface area contributed by atoms with E-state index in [1.165, 1.54) is 29.5 Å². The third-order valence-electron chi connectivity index (χ3n) is 5.44. The number of hydrogen-bond acceptors (Lipinski definition) is 7. The SMILES string of the molecule is Cc1ccc(S(=O)(=O)N2C[C@@H](C(=O)Nc3nnc(-c4ccc(Cl)cc4)s3)Oc3ccc(Cl)cc32)cc1. The van der Waals surface area contributed by atoms with Gasteiger partial charge in [-0.15, -0.1) is 10.2 Å². The van der Waals surface area contributed by atoms with Gasteiger partial charge in [-0.25, -0.2) is 8.42 Å². The number of sulfonamides is 1. The highest BCUT2D eigenvalue weighted by Gasteiger charge is 2.38. The minimum Gasteiger partial charge on any atom is -0.476 e. The molecule has 2 heterocycles. The van der Waals surface area contributed by atoms with Crippen LogP contribution in [0, 0.1) is 6.92 Å². The molecule has 0 unspecified atom stereocenters. The molecule has 8 nitrogen and oxygen atoms in total. The Bertz CT molecular complexity index is 1540. The van der Waals surface area contributed by atoms with Crippen molar-refractivity contribution in [1.82, 2.24) is 10.2 Å². The van der Waals surface area contributed by atoms with Gasteiger partial charge in [0.1, 0.15) is 10.8 Å². The summed E-state index contributed by atoms with van der Waals surface area (Å²) in [5.41, 5.74) is 1.98. The second-order valence-electron chi connectivity index (χ2n) is 7.98. The summed E-state index contributed by atoms with van der Waals surface area (Å²) in [5.74, 6) is -0.334. The van der Waals surface area contributed by atoms with Gasteiger partial charge in [-0.05, 0) is 49.4 Å². The molecule has 1 aliphatic heterocycles. The van der Waals surface area contributed by atoms with Gasteiger partial charge in [0.25, 0.3) is 15.9 Å². The largest absolute Gasteiger partial charge is 0.476 e. The van der Waals surface area contributed by atoms with E-state index in [4.69, 9.17) is 27.9 Å². The molecule has 184 valence electrons. The van der Waals surface area contributed by atoms with E-state index in [0.717, 1.165) is 15.4 Å². The molecular formula is C24H18Cl2N4O4S2. The highest BCUT2D eigenvalue weighted by Crippen LogP contribution is 2.39. The lowest BCUT2D eigenvalue weighted by atomic mass is 10.2. The summed E-state index contributed by atoms with van der Waals surface area (Å²) in [7, 11) is -4.01. The average molecular weight is 561 g/mol. The zero-order valence-electron chi connectivity index (χ0n) is 18.7. The molecule has 4 aromatic rings. The number of carbonyl (C=O) groups is 1. The third-order valence-corrected chi connectivity index (χ3v) is 8.61. The number of nitrogens with one attached hydrogen (secondary N) is 1. The van der Waals surface area contributed by atoms with Crippen LogP contribution >= 0.6 is 34.5 Å². The molecule has 12 heteroatoms. The molecule has 36 heavy (non-hydrogen) atoms. The summed E-state index contributed by atoms with van der Waals surface area (Å²) >= 11 is 13.3. The molecule has 0 bridgehead atoms. The maximum absolute atomic E-state index is 13.5. The summed E-state index contributed by atoms with van der Waals surface area (Å²) < 4.78 is 34.1. The Morgan fingerprint density at radius 3 is 2.44 bits per heavy atom. The molecule has 1 aromatic heterocycles. The molecule has 0 spiro atoms. The maximum atomic E-state index is 13.5. The Morgan fingerprint density at radius 2 is 1.72 bits per heavy atom. The van der Waals surface area contributed by atoms with Gasteiger partial charge in [-0.1, -0.05) is 64.4 Å². The Kier molecular flexibility index (Phi) is 6.60. The van der Waals surface area contributed by atoms with E-state index < -0.39 is 22.0 Å². The lowest BCUT2D eigenvalue weighted by Gasteiger charge is -2.34. The smallest absolute Gasteiger partial charge is 0.269 e. The number of nitrogens with zero attached hydrogens (tertiary/aromatic N) is 3. The molecule has 0 radical (unpaired) electrons. The fourth-order valence-electron chi connectivity index (χ4n) is 3.59. The summed E-state index contributed by atoms with van der Waals surface area (Å²) in [6, 6.07) is 18.2. The molecule has 0 saturated carbocycles. The number of ether oxygens (including phenoxy) is 1. The van der Waals surface area contributed by atoms with Gasteiger partial charge in [-0.3, -0.25) is 14.4 Å². The van der Waals surface area contributed by atoms with E-state index in [2.05, 4.69) is 15.5 Å². The van der Waals surface area contributed by atoms with Crippen LogP contribution in [0.25, 0.3) is 10.6 Å². The predicted molar refractivity (Wildman–Crippen MR) is 141 cm³/mol. The second kappa shape index (κ2) is 9.70. The van der Waals surface area contributed by atoms with E-state index in [9.17, 15) is 13.2 Å². The topological polar surface area (TPSA) is 101 Å². The lowest BCUT2D eigenvalue weighted by molar-refractivity contribution is -0.122. The summed E-state index contributed by atoms with van der Waals surface area (Å²) in [4.78, 5) is 13.2. The quantitative estimate of drug-likeness (QED) is 0.350. The van der Waals surface area contributed by atoms with Crippen molar-refractivity contribution in [2.75, 3.05) is 16.2 Å². The van der Waals surface area contributed by atoms with Crippen LogP contribution in [-0.2, 0) is 14.8 Å². The van der Waals surface area contributed by atoms with Crippen molar-refractivity contribution >= 4 is 61.3 Å². The minimum atomic E-state index is -4.01. The zero-order valence-corrected chi connectivity index (χ0v) is 21.8. The summed E-state index contributed by atoms with van der Waals surface area (Å²) in [6.45, 7) is 1.62. The number of aromatic nitrogens is 2. The second-order valence-corrected chi connectivity index (χ2v) is 11.7. The molecule has 3 aromatic carbocycles. The molecule has 0 aliphatic carbocycles. The number of halogens is 2.